The van der Waals surface area contributed by atoms with Crippen LogP contribution in [0.4, 0.5) is 5.69 Å². The van der Waals surface area contributed by atoms with E-state index in [1.54, 1.807) is 0 Å². The van der Waals surface area contributed by atoms with Crippen molar-refractivity contribution in [3.05, 3.63) is 42.0 Å². The Morgan fingerprint density at radius 3 is 2.68 bits per heavy atom. The van der Waals surface area contributed by atoms with Crippen LogP contribution in [-0.4, -0.2) is 37.0 Å². The maximum absolute atomic E-state index is 6.16. The van der Waals surface area contributed by atoms with E-state index in [9.17, 15) is 0 Å². The van der Waals surface area contributed by atoms with Crippen molar-refractivity contribution in [2.24, 2.45) is 16.6 Å². The molecule has 2 aliphatic heterocycles. The fraction of sp³-hybridized carbons (Fsp3) is 0.500. The molecule has 2 aliphatic rings. The predicted octanol–water partition coefficient (Wildman–Crippen LogP) is 2.61. The third kappa shape index (κ3) is 3.62. The fourth-order valence-corrected chi connectivity index (χ4v) is 3.05. The van der Waals surface area contributed by atoms with Crippen molar-refractivity contribution in [1.29, 1.82) is 0 Å². The summed E-state index contributed by atoms with van der Waals surface area (Å²) in [6.45, 7) is 7.05. The number of nitrogens with zero attached hydrogens (tertiary/aromatic N) is 3. The quantitative estimate of drug-likeness (QED) is 0.530. The molecule has 3 rings (SSSR count). The summed E-state index contributed by atoms with van der Waals surface area (Å²) >= 11 is 0. The van der Waals surface area contributed by atoms with Gasteiger partial charge in [-0.3, -0.25) is 0 Å². The Bertz CT molecular complexity index is 548. The van der Waals surface area contributed by atoms with E-state index < -0.39 is 0 Å². The molecular weight excluding hydrogens is 272 g/mol. The molecule has 0 bridgehead atoms. The maximum Gasteiger partial charge on any atom is 0.191 e. The van der Waals surface area contributed by atoms with E-state index in [0.29, 0.717) is 12.5 Å². The van der Waals surface area contributed by atoms with Crippen molar-refractivity contribution in [2.75, 3.05) is 31.1 Å². The van der Waals surface area contributed by atoms with Gasteiger partial charge in [-0.05, 0) is 36.5 Å². The van der Waals surface area contributed by atoms with Gasteiger partial charge in [0.05, 0.1) is 6.54 Å². The molecule has 1 fully saturated rings. The van der Waals surface area contributed by atoms with Crippen molar-refractivity contribution in [3.8, 4) is 0 Å². The van der Waals surface area contributed by atoms with Crippen LogP contribution in [0.1, 0.15) is 25.3 Å². The van der Waals surface area contributed by atoms with Gasteiger partial charge in [0.25, 0.3) is 0 Å². The minimum absolute atomic E-state index is 0.660. The molecular formula is C18H26N4. The summed E-state index contributed by atoms with van der Waals surface area (Å²) in [5.74, 6) is 1.51. The topological polar surface area (TPSA) is 44.9 Å². The molecule has 1 aromatic rings. The summed E-state index contributed by atoms with van der Waals surface area (Å²) < 4.78 is 0. The summed E-state index contributed by atoms with van der Waals surface area (Å²) in [6, 6.07) is 8.62. The Labute approximate surface area is 133 Å². The van der Waals surface area contributed by atoms with Gasteiger partial charge < -0.3 is 15.5 Å². The molecule has 0 aromatic heterocycles. The lowest BCUT2D eigenvalue weighted by atomic mass is 10.00. The van der Waals surface area contributed by atoms with Gasteiger partial charge in [0.1, 0.15) is 0 Å². The molecule has 0 spiro atoms. The number of piperidine rings is 1. The molecule has 2 N–H and O–H groups in total. The Balaban J connectivity index is 1.60. The van der Waals surface area contributed by atoms with Gasteiger partial charge in [-0.15, -0.1) is 0 Å². The van der Waals surface area contributed by atoms with E-state index in [0.717, 1.165) is 32.1 Å². The maximum atomic E-state index is 6.16. The van der Waals surface area contributed by atoms with Crippen LogP contribution in [0.5, 0.6) is 0 Å². The standard InChI is InChI=1S/C18H26N4/c1-15-7-11-22(12-8-15)18(19)20-14-16-5-4-6-17(13-16)21-9-2-3-10-21/h2-6,13,15H,7-12,14H2,1H3,(H2,19,20). The number of rotatable bonds is 3. The second kappa shape index (κ2) is 6.86. The van der Waals surface area contributed by atoms with E-state index >= 15 is 0 Å². The molecule has 2 heterocycles. The van der Waals surface area contributed by atoms with Gasteiger partial charge in [0.2, 0.25) is 0 Å². The van der Waals surface area contributed by atoms with Crippen LogP contribution >= 0.6 is 0 Å². The van der Waals surface area contributed by atoms with Gasteiger partial charge in [-0.2, -0.15) is 0 Å². The van der Waals surface area contributed by atoms with Crippen LogP contribution in [-0.2, 0) is 6.54 Å². The summed E-state index contributed by atoms with van der Waals surface area (Å²) in [7, 11) is 0. The fourth-order valence-electron chi connectivity index (χ4n) is 3.05. The van der Waals surface area contributed by atoms with Gasteiger partial charge >= 0.3 is 0 Å². The van der Waals surface area contributed by atoms with Crippen molar-refractivity contribution in [2.45, 2.75) is 26.3 Å². The number of likely N-dealkylation sites (tertiary alicyclic amines) is 1. The van der Waals surface area contributed by atoms with Crippen LogP contribution in [0.3, 0.4) is 0 Å². The summed E-state index contributed by atoms with van der Waals surface area (Å²) in [5, 5.41) is 0. The lowest BCUT2D eigenvalue weighted by molar-refractivity contribution is 0.277. The first-order valence-corrected chi connectivity index (χ1v) is 8.26. The zero-order valence-electron chi connectivity index (χ0n) is 13.4. The minimum atomic E-state index is 0.660. The number of benzene rings is 1. The van der Waals surface area contributed by atoms with Crippen LogP contribution in [0, 0.1) is 5.92 Å². The number of hydrogen-bond acceptors (Lipinski definition) is 2. The molecule has 1 aromatic carbocycles. The number of aliphatic imine (C=N–C) groups is 1. The van der Waals surface area contributed by atoms with E-state index in [4.69, 9.17) is 5.73 Å². The highest BCUT2D eigenvalue weighted by Gasteiger charge is 2.16. The average molecular weight is 298 g/mol. The molecule has 1 saturated heterocycles. The molecule has 0 amide bonds. The molecule has 0 radical (unpaired) electrons. The lowest BCUT2D eigenvalue weighted by Crippen LogP contribution is -2.42. The Morgan fingerprint density at radius 1 is 1.23 bits per heavy atom. The second-order valence-corrected chi connectivity index (χ2v) is 6.39. The summed E-state index contributed by atoms with van der Waals surface area (Å²) in [6.07, 6.45) is 6.85. The van der Waals surface area contributed by atoms with Gasteiger partial charge in [-0.1, -0.05) is 31.2 Å². The second-order valence-electron chi connectivity index (χ2n) is 6.39. The highest BCUT2D eigenvalue weighted by atomic mass is 15.3. The molecule has 118 valence electrons. The highest BCUT2D eigenvalue weighted by molar-refractivity contribution is 5.78. The first-order chi connectivity index (χ1) is 10.7. The molecule has 0 saturated carbocycles. The molecule has 4 heteroatoms. The van der Waals surface area contributed by atoms with Gasteiger partial charge in [0.15, 0.2) is 5.96 Å². The lowest BCUT2D eigenvalue weighted by Gasteiger charge is -2.31. The van der Waals surface area contributed by atoms with Crippen molar-refractivity contribution in [1.82, 2.24) is 4.90 Å². The number of hydrogen-bond donors (Lipinski definition) is 1. The van der Waals surface area contributed by atoms with E-state index in [-0.39, 0.29) is 0 Å². The molecule has 0 aliphatic carbocycles. The number of nitrogens with two attached hydrogens (primary N) is 1. The normalized spacial score (nSPS) is 20.0. The Morgan fingerprint density at radius 2 is 1.95 bits per heavy atom. The average Bonchev–Trinajstić information content (AvgIpc) is 3.08. The smallest absolute Gasteiger partial charge is 0.191 e. The first kappa shape index (κ1) is 14.9. The minimum Gasteiger partial charge on any atom is -0.370 e. The monoisotopic (exact) mass is 298 g/mol. The Kier molecular flexibility index (Phi) is 4.66. The van der Waals surface area contributed by atoms with E-state index in [1.807, 2.05) is 0 Å². The predicted molar refractivity (Wildman–Crippen MR) is 93.1 cm³/mol. The SMILES string of the molecule is CC1CCN(C(N)=NCc2cccc(N3CC=CC3)c2)CC1. The van der Waals surface area contributed by atoms with Crippen LogP contribution in [0.25, 0.3) is 0 Å². The third-order valence-corrected chi connectivity index (χ3v) is 4.63. The van der Waals surface area contributed by atoms with Gasteiger partial charge in [-0.25, -0.2) is 4.99 Å². The summed E-state index contributed by atoms with van der Waals surface area (Å²) in [5.41, 5.74) is 8.64. The van der Waals surface area contributed by atoms with Crippen molar-refractivity contribution < 1.29 is 0 Å². The molecule has 0 unspecified atom stereocenters. The molecule has 22 heavy (non-hydrogen) atoms. The van der Waals surface area contributed by atoms with E-state index in [2.05, 4.69) is 58.1 Å². The third-order valence-electron chi connectivity index (χ3n) is 4.63. The first-order valence-electron chi connectivity index (χ1n) is 8.26. The van der Waals surface area contributed by atoms with Crippen LogP contribution < -0.4 is 10.6 Å². The largest absolute Gasteiger partial charge is 0.370 e. The van der Waals surface area contributed by atoms with Gasteiger partial charge in [0, 0.05) is 31.9 Å². The van der Waals surface area contributed by atoms with Crippen molar-refractivity contribution >= 4 is 11.6 Å². The zero-order valence-corrected chi connectivity index (χ0v) is 13.4. The molecule has 0 atom stereocenters. The zero-order chi connectivity index (χ0) is 15.4. The van der Waals surface area contributed by atoms with Crippen LogP contribution in [0.15, 0.2) is 41.4 Å². The number of anilines is 1. The highest BCUT2D eigenvalue weighted by Crippen LogP contribution is 2.19. The number of guanidine groups is 1. The van der Waals surface area contributed by atoms with E-state index in [1.165, 1.54) is 24.1 Å². The summed E-state index contributed by atoms with van der Waals surface area (Å²) in [4.78, 5) is 9.16. The molecule has 4 nitrogen and oxygen atoms in total. The van der Waals surface area contributed by atoms with Crippen LogP contribution in [0.2, 0.25) is 0 Å². The van der Waals surface area contributed by atoms with Crippen molar-refractivity contribution in [3.63, 3.8) is 0 Å². The Hall–Kier alpha value is -1.97.